The summed E-state index contributed by atoms with van der Waals surface area (Å²) >= 11 is 0. The fourth-order valence-electron chi connectivity index (χ4n) is 6.20. The summed E-state index contributed by atoms with van der Waals surface area (Å²) in [5, 5.41) is 0. The molecule has 0 spiro atoms. The Balaban J connectivity index is 4.27. The molecule has 1 unspecified atom stereocenters. The van der Waals surface area contributed by atoms with E-state index in [0.29, 0.717) is 19.3 Å². The van der Waals surface area contributed by atoms with E-state index in [4.69, 9.17) is 14.2 Å². The first-order chi connectivity index (χ1) is 24.5. The molecule has 6 nitrogen and oxygen atoms in total. The van der Waals surface area contributed by atoms with E-state index >= 15 is 0 Å². The molecule has 0 saturated carbocycles. The molecule has 294 valence electrons. The van der Waals surface area contributed by atoms with E-state index in [0.717, 1.165) is 64.2 Å². The van der Waals surface area contributed by atoms with Gasteiger partial charge in [-0.1, -0.05) is 181 Å². The van der Waals surface area contributed by atoms with Crippen LogP contribution in [0.2, 0.25) is 0 Å². The number of rotatable bonds is 39. The van der Waals surface area contributed by atoms with Crippen LogP contribution in [-0.2, 0) is 28.6 Å². The van der Waals surface area contributed by atoms with Crippen molar-refractivity contribution in [2.75, 3.05) is 13.2 Å². The van der Waals surface area contributed by atoms with Gasteiger partial charge in [0.2, 0.25) is 0 Å². The van der Waals surface area contributed by atoms with E-state index in [1.807, 2.05) is 0 Å². The molecule has 0 aromatic carbocycles. The maximum Gasteiger partial charge on any atom is 0.306 e. The number of hydrogen-bond acceptors (Lipinski definition) is 6. The predicted molar refractivity (Wildman–Crippen MR) is 210 cm³/mol. The van der Waals surface area contributed by atoms with Crippen LogP contribution < -0.4 is 0 Å². The molecule has 0 amide bonds. The van der Waals surface area contributed by atoms with E-state index < -0.39 is 6.10 Å². The molecule has 0 radical (unpaired) electrons. The Morgan fingerprint density at radius 3 is 1.00 bits per heavy atom. The summed E-state index contributed by atoms with van der Waals surface area (Å²) in [5.41, 5.74) is 0. The minimum absolute atomic E-state index is 0.0700. The Morgan fingerprint density at radius 1 is 0.380 bits per heavy atom. The summed E-state index contributed by atoms with van der Waals surface area (Å²) < 4.78 is 16.6. The van der Waals surface area contributed by atoms with Crippen molar-refractivity contribution in [1.82, 2.24) is 0 Å². The van der Waals surface area contributed by atoms with Gasteiger partial charge in [0.05, 0.1) is 0 Å². The SMILES string of the molecule is CCCCCCC/C=C\CCCCCCCC(=O)OCC(COC(=O)CCCCCCCC)OC(=O)CCCCCCCCCCCCCC. The molecule has 0 rings (SSSR count). The van der Waals surface area contributed by atoms with Crippen LogP contribution in [0.15, 0.2) is 12.2 Å². The maximum absolute atomic E-state index is 12.6. The molecule has 0 aromatic rings. The Kier molecular flexibility index (Phi) is 38.5. The summed E-state index contributed by atoms with van der Waals surface area (Å²) in [6.45, 7) is 6.56. The molecule has 0 fully saturated rings. The van der Waals surface area contributed by atoms with Crippen LogP contribution in [0.1, 0.15) is 233 Å². The predicted octanol–water partition coefficient (Wildman–Crippen LogP) is 13.5. The average molecular weight is 707 g/mol. The summed E-state index contributed by atoms with van der Waals surface area (Å²) in [7, 11) is 0. The number of ether oxygens (including phenoxy) is 3. The zero-order valence-corrected chi connectivity index (χ0v) is 33.4. The van der Waals surface area contributed by atoms with Crippen molar-refractivity contribution >= 4 is 17.9 Å². The first kappa shape index (κ1) is 48.1. The average Bonchev–Trinajstić information content (AvgIpc) is 3.11. The normalized spacial score (nSPS) is 12.0. The minimum Gasteiger partial charge on any atom is -0.462 e. The minimum atomic E-state index is -0.762. The van der Waals surface area contributed by atoms with Crippen molar-refractivity contribution < 1.29 is 28.6 Å². The summed E-state index contributed by atoms with van der Waals surface area (Å²) in [6, 6.07) is 0. The second-order valence-electron chi connectivity index (χ2n) is 14.6. The van der Waals surface area contributed by atoms with Gasteiger partial charge < -0.3 is 14.2 Å². The molecule has 0 aliphatic carbocycles. The lowest BCUT2D eigenvalue weighted by atomic mass is 10.0. The number of carbonyl (C=O) groups is 3. The van der Waals surface area contributed by atoms with E-state index in [2.05, 4.69) is 32.9 Å². The quantitative estimate of drug-likeness (QED) is 0.0274. The molecule has 0 N–H and O–H groups in total. The molecular formula is C44H82O6. The second-order valence-corrected chi connectivity index (χ2v) is 14.6. The smallest absolute Gasteiger partial charge is 0.306 e. The first-order valence-corrected chi connectivity index (χ1v) is 21.7. The highest BCUT2D eigenvalue weighted by Gasteiger charge is 2.19. The van der Waals surface area contributed by atoms with Gasteiger partial charge in [0, 0.05) is 19.3 Å². The Morgan fingerprint density at radius 2 is 0.660 bits per heavy atom. The van der Waals surface area contributed by atoms with Crippen LogP contribution in [0, 0.1) is 0 Å². The van der Waals surface area contributed by atoms with Crippen LogP contribution in [0.5, 0.6) is 0 Å². The molecule has 0 saturated heterocycles. The lowest BCUT2D eigenvalue weighted by molar-refractivity contribution is -0.167. The molecule has 1 atom stereocenters. The Hall–Kier alpha value is -1.85. The van der Waals surface area contributed by atoms with Crippen molar-refractivity contribution in [1.29, 1.82) is 0 Å². The Labute approximate surface area is 310 Å². The number of carbonyl (C=O) groups excluding carboxylic acids is 3. The zero-order valence-electron chi connectivity index (χ0n) is 33.4. The third kappa shape index (κ3) is 37.4. The maximum atomic E-state index is 12.6. The molecule has 0 aliphatic heterocycles. The van der Waals surface area contributed by atoms with Crippen LogP contribution in [0.4, 0.5) is 0 Å². The van der Waals surface area contributed by atoms with E-state index in [1.54, 1.807) is 0 Å². The highest BCUT2D eigenvalue weighted by atomic mass is 16.6. The topological polar surface area (TPSA) is 78.9 Å². The van der Waals surface area contributed by atoms with Gasteiger partial charge in [-0.05, 0) is 44.9 Å². The largest absolute Gasteiger partial charge is 0.462 e. The second kappa shape index (κ2) is 39.9. The van der Waals surface area contributed by atoms with Crippen LogP contribution in [0.25, 0.3) is 0 Å². The molecule has 0 bridgehead atoms. The van der Waals surface area contributed by atoms with E-state index in [1.165, 1.54) is 128 Å². The monoisotopic (exact) mass is 707 g/mol. The van der Waals surface area contributed by atoms with Gasteiger partial charge in [0.15, 0.2) is 6.10 Å². The van der Waals surface area contributed by atoms with Gasteiger partial charge in [-0.2, -0.15) is 0 Å². The third-order valence-electron chi connectivity index (χ3n) is 9.52. The van der Waals surface area contributed by atoms with Gasteiger partial charge in [-0.25, -0.2) is 0 Å². The lowest BCUT2D eigenvalue weighted by Gasteiger charge is -2.18. The molecular weight excluding hydrogens is 624 g/mol. The summed E-state index contributed by atoms with van der Waals surface area (Å²) in [6.07, 6.45) is 40.6. The number of unbranched alkanes of at least 4 members (excludes halogenated alkanes) is 26. The molecule has 0 heterocycles. The zero-order chi connectivity index (χ0) is 36.6. The first-order valence-electron chi connectivity index (χ1n) is 21.7. The fourth-order valence-corrected chi connectivity index (χ4v) is 6.20. The standard InChI is InChI=1S/C44H82O6/c1-4-7-10-13-16-18-20-22-23-25-26-28-31-34-37-43(46)49-40-41(39-48-42(45)36-33-30-15-12-9-6-3)50-44(47)38-35-32-29-27-24-21-19-17-14-11-8-5-2/h20,22,41H,4-19,21,23-40H2,1-3H3/b22-20-. The van der Waals surface area contributed by atoms with E-state index in [-0.39, 0.29) is 31.1 Å². The van der Waals surface area contributed by atoms with Crippen molar-refractivity contribution in [3.05, 3.63) is 12.2 Å². The number of hydrogen-bond donors (Lipinski definition) is 0. The number of esters is 3. The van der Waals surface area contributed by atoms with Gasteiger partial charge in [-0.3, -0.25) is 14.4 Å². The third-order valence-corrected chi connectivity index (χ3v) is 9.52. The molecule has 0 aliphatic rings. The summed E-state index contributed by atoms with van der Waals surface area (Å²) in [4.78, 5) is 37.4. The van der Waals surface area contributed by atoms with Crippen molar-refractivity contribution in [2.45, 2.75) is 239 Å². The lowest BCUT2D eigenvalue weighted by Crippen LogP contribution is -2.30. The van der Waals surface area contributed by atoms with Gasteiger partial charge in [0.25, 0.3) is 0 Å². The highest BCUT2D eigenvalue weighted by molar-refractivity contribution is 5.71. The van der Waals surface area contributed by atoms with Crippen molar-refractivity contribution in [3.63, 3.8) is 0 Å². The van der Waals surface area contributed by atoms with E-state index in [9.17, 15) is 14.4 Å². The van der Waals surface area contributed by atoms with Crippen molar-refractivity contribution in [3.8, 4) is 0 Å². The fraction of sp³-hybridized carbons (Fsp3) is 0.886. The number of allylic oxidation sites excluding steroid dienone is 2. The highest BCUT2D eigenvalue weighted by Crippen LogP contribution is 2.14. The van der Waals surface area contributed by atoms with Gasteiger partial charge >= 0.3 is 17.9 Å². The molecule has 50 heavy (non-hydrogen) atoms. The van der Waals surface area contributed by atoms with Crippen LogP contribution in [0.3, 0.4) is 0 Å². The van der Waals surface area contributed by atoms with Crippen LogP contribution in [-0.4, -0.2) is 37.2 Å². The van der Waals surface area contributed by atoms with Gasteiger partial charge in [-0.15, -0.1) is 0 Å². The van der Waals surface area contributed by atoms with Crippen molar-refractivity contribution in [2.24, 2.45) is 0 Å². The molecule has 6 heteroatoms. The van der Waals surface area contributed by atoms with Crippen LogP contribution >= 0.6 is 0 Å². The molecule has 0 aromatic heterocycles. The summed E-state index contributed by atoms with van der Waals surface area (Å²) in [5.74, 6) is -0.883. The Bertz CT molecular complexity index is 778. The van der Waals surface area contributed by atoms with Gasteiger partial charge in [0.1, 0.15) is 13.2 Å².